The molecular formula is C19H25ClIN5O. The van der Waals surface area contributed by atoms with E-state index in [2.05, 4.69) is 20.6 Å². The van der Waals surface area contributed by atoms with E-state index < -0.39 is 0 Å². The molecule has 0 saturated heterocycles. The number of nitrogens with zero attached hydrogens (tertiary/aromatic N) is 3. The van der Waals surface area contributed by atoms with Crippen molar-refractivity contribution in [2.24, 2.45) is 4.99 Å². The topological polar surface area (TPSA) is 69.6 Å². The summed E-state index contributed by atoms with van der Waals surface area (Å²) in [6, 6.07) is 11.4. The van der Waals surface area contributed by atoms with E-state index in [0.717, 1.165) is 17.1 Å². The van der Waals surface area contributed by atoms with Gasteiger partial charge in [-0.05, 0) is 36.2 Å². The summed E-state index contributed by atoms with van der Waals surface area (Å²) in [7, 11) is 3.66. The molecule has 0 atom stereocenters. The molecule has 1 amide bonds. The van der Waals surface area contributed by atoms with Crippen LogP contribution in [0.3, 0.4) is 0 Å². The summed E-state index contributed by atoms with van der Waals surface area (Å²) in [6.45, 7) is 3.13. The van der Waals surface area contributed by atoms with Crippen LogP contribution in [0.2, 0.25) is 5.02 Å². The van der Waals surface area contributed by atoms with Gasteiger partial charge in [-0.15, -0.1) is 24.0 Å². The number of nitrogens with one attached hydrogen (secondary N) is 2. The van der Waals surface area contributed by atoms with Gasteiger partial charge in [-0.2, -0.15) is 0 Å². The van der Waals surface area contributed by atoms with Crippen LogP contribution in [0.4, 0.5) is 5.82 Å². The van der Waals surface area contributed by atoms with E-state index in [-0.39, 0.29) is 29.9 Å². The van der Waals surface area contributed by atoms with Crippen LogP contribution in [0.5, 0.6) is 0 Å². The van der Waals surface area contributed by atoms with Gasteiger partial charge in [0, 0.05) is 44.8 Å². The monoisotopic (exact) mass is 501 g/mol. The predicted molar refractivity (Wildman–Crippen MR) is 122 cm³/mol. The average Bonchev–Trinajstić information content (AvgIpc) is 2.62. The Labute approximate surface area is 182 Å². The molecule has 6 nitrogen and oxygen atoms in total. The van der Waals surface area contributed by atoms with Crippen LogP contribution in [-0.2, 0) is 11.3 Å². The van der Waals surface area contributed by atoms with Crippen molar-refractivity contribution in [3.63, 3.8) is 0 Å². The summed E-state index contributed by atoms with van der Waals surface area (Å²) in [5, 5.41) is 6.69. The van der Waals surface area contributed by atoms with Crippen molar-refractivity contribution < 1.29 is 4.79 Å². The Kier molecular flexibility index (Phi) is 10.1. The molecule has 27 heavy (non-hydrogen) atoms. The van der Waals surface area contributed by atoms with Gasteiger partial charge >= 0.3 is 0 Å². The quantitative estimate of drug-likeness (QED) is 0.360. The highest BCUT2D eigenvalue weighted by atomic mass is 127. The van der Waals surface area contributed by atoms with Crippen LogP contribution in [0.1, 0.15) is 17.5 Å². The number of aromatic nitrogens is 1. The van der Waals surface area contributed by atoms with Crippen LogP contribution in [-0.4, -0.2) is 42.4 Å². The summed E-state index contributed by atoms with van der Waals surface area (Å²) < 4.78 is 0. The lowest BCUT2D eigenvalue weighted by Crippen LogP contribution is -2.39. The molecule has 0 aliphatic carbocycles. The molecule has 2 aromatic rings. The number of benzene rings is 1. The van der Waals surface area contributed by atoms with Crippen LogP contribution < -0.4 is 10.6 Å². The standard InChI is InChI=1S/C19H24ClN5O.HI/c1-14-4-9-17(23-12-14)24-18(26)10-11-22-19(21-2)25(3)13-15-5-7-16(20)8-6-15;/h4-9,12H,10-11,13H2,1-3H3,(H,21,22)(H,23,24,26);1H. The maximum absolute atomic E-state index is 12.0. The molecule has 1 aromatic carbocycles. The minimum atomic E-state index is -0.0929. The Morgan fingerprint density at radius 1 is 1.22 bits per heavy atom. The largest absolute Gasteiger partial charge is 0.356 e. The van der Waals surface area contributed by atoms with Crippen molar-refractivity contribution in [3.05, 3.63) is 58.7 Å². The zero-order valence-corrected chi connectivity index (χ0v) is 18.8. The predicted octanol–water partition coefficient (Wildman–Crippen LogP) is 3.70. The van der Waals surface area contributed by atoms with Crippen LogP contribution in [0, 0.1) is 6.92 Å². The van der Waals surface area contributed by atoms with Crippen molar-refractivity contribution in [2.45, 2.75) is 19.9 Å². The first-order valence-corrected chi connectivity index (χ1v) is 8.74. The van der Waals surface area contributed by atoms with Crippen molar-refractivity contribution in [3.8, 4) is 0 Å². The molecule has 0 unspecified atom stereocenters. The SMILES string of the molecule is CN=C(NCCC(=O)Nc1ccc(C)cn1)N(C)Cc1ccc(Cl)cc1.I. The second kappa shape index (κ2) is 11.8. The molecule has 1 aromatic heterocycles. The molecule has 0 saturated carbocycles. The summed E-state index contributed by atoms with van der Waals surface area (Å²) >= 11 is 5.91. The number of aryl methyl sites for hydroxylation is 1. The van der Waals surface area contributed by atoms with E-state index in [1.54, 1.807) is 19.3 Å². The summed E-state index contributed by atoms with van der Waals surface area (Å²) in [4.78, 5) is 22.4. The molecule has 2 rings (SSSR count). The number of carbonyl (C=O) groups excluding carboxylic acids is 1. The average molecular weight is 502 g/mol. The van der Waals surface area contributed by atoms with Crippen LogP contribution in [0.15, 0.2) is 47.6 Å². The lowest BCUT2D eigenvalue weighted by atomic mass is 10.2. The van der Waals surface area contributed by atoms with Crippen LogP contribution in [0.25, 0.3) is 0 Å². The van der Waals surface area contributed by atoms with Gasteiger partial charge < -0.3 is 15.5 Å². The fourth-order valence-electron chi connectivity index (χ4n) is 2.36. The number of pyridine rings is 1. The molecule has 0 aliphatic rings. The Bertz CT molecular complexity index is 750. The maximum Gasteiger partial charge on any atom is 0.227 e. The number of anilines is 1. The number of hydrogen-bond donors (Lipinski definition) is 2. The molecule has 146 valence electrons. The Balaban J connectivity index is 0.00000364. The van der Waals surface area contributed by atoms with Gasteiger partial charge in [0.25, 0.3) is 0 Å². The first-order chi connectivity index (χ1) is 12.5. The lowest BCUT2D eigenvalue weighted by molar-refractivity contribution is -0.116. The molecule has 8 heteroatoms. The second-order valence-electron chi connectivity index (χ2n) is 5.98. The van der Waals surface area contributed by atoms with Crippen molar-refractivity contribution in [1.82, 2.24) is 15.2 Å². The number of amides is 1. The van der Waals surface area contributed by atoms with Crippen molar-refractivity contribution >= 4 is 53.3 Å². The summed E-state index contributed by atoms with van der Waals surface area (Å²) in [5.41, 5.74) is 2.18. The highest BCUT2D eigenvalue weighted by molar-refractivity contribution is 14.0. The number of halogens is 2. The summed E-state index contributed by atoms with van der Waals surface area (Å²) in [6.07, 6.45) is 2.05. The second-order valence-corrected chi connectivity index (χ2v) is 6.41. The lowest BCUT2D eigenvalue weighted by Gasteiger charge is -2.22. The highest BCUT2D eigenvalue weighted by Gasteiger charge is 2.08. The van der Waals surface area contributed by atoms with Crippen molar-refractivity contribution in [1.29, 1.82) is 0 Å². The zero-order valence-electron chi connectivity index (χ0n) is 15.7. The van der Waals surface area contributed by atoms with Crippen molar-refractivity contribution in [2.75, 3.05) is 26.0 Å². The number of hydrogen-bond acceptors (Lipinski definition) is 3. The fourth-order valence-corrected chi connectivity index (χ4v) is 2.48. The Hall–Kier alpha value is -1.87. The Morgan fingerprint density at radius 2 is 1.93 bits per heavy atom. The van der Waals surface area contributed by atoms with Gasteiger partial charge in [0.2, 0.25) is 5.91 Å². The molecule has 0 spiro atoms. The molecule has 0 bridgehead atoms. The maximum atomic E-state index is 12.0. The molecule has 2 N–H and O–H groups in total. The van der Waals surface area contributed by atoms with E-state index >= 15 is 0 Å². The van der Waals surface area contributed by atoms with Gasteiger partial charge in [-0.3, -0.25) is 9.79 Å². The number of rotatable bonds is 6. The minimum absolute atomic E-state index is 0. The van der Waals surface area contributed by atoms with E-state index in [1.165, 1.54) is 0 Å². The van der Waals surface area contributed by atoms with E-state index in [9.17, 15) is 4.79 Å². The molecular weight excluding hydrogens is 477 g/mol. The van der Waals surface area contributed by atoms with Gasteiger partial charge in [0.15, 0.2) is 5.96 Å². The summed E-state index contributed by atoms with van der Waals surface area (Å²) in [5.74, 6) is 1.19. The number of carbonyl (C=O) groups is 1. The smallest absolute Gasteiger partial charge is 0.227 e. The van der Waals surface area contributed by atoms with E-state index in [0.29, 0.717) is 30.4 Å². The third-order valence-corrected chi connectivity index (χ3v) is 3.97. The van der Waals surface area contributed by atoms with Gasteiger partial charge in [0.05, 0.1) is 0 Å². The Morgan fingerprint density at radius 3 is 2.52 bits per heavy atom. The molecule has 0 radical (unpaired) electrons. The number of aliphatic imine (C=N–C) groups is 1. The van der Waals surface area contributed by atoms with Gasteiger partial charge in [0.1, 0.15) is 5.82 Å². The highest BCUT2D eigenvalue weighted by Crippen LogP contribution is 2.11. The molecule has 0 fully saturated rings. The first-order valence-electron chi connectivity index (χ1n) is 8.36. The van der Waals surface area contributed by atoms with Gasteiger partial charge in [-0.25, -0.2) is 4.98 Å². The minimum Gasteiger partial charge on any atom is -0.356 e. The molecule has 0 aliphatic heterocycles. The normalized spacial score (nSPS) is 10.7. The van der Waals surface area contributed by atoms with E-state index in [4.69, 9.17) is 11.6 Å². The van der Waals surface area contributed by atoms with Crippen LogP contribution >= 0.6 is 35.6 Å². The first kappa shape index (κ1) is 23.2. The molecule has 1 heterocycles. The third-order valence-electron chi connectivity index (χ3n) is 3.72. The fraction of sp³-hybridized carbons (Fsp3) is 0.316. The zero-order chi connectivity index (χ0) is 18.9. The third kappa shape index (κ3) is 8.13. The van der Waals surface area contributed by atoms with Gasteiger partial charge in [-0.1, -0.05) is 29.8 Å². The number of guanidine groups is 1. The van der Waals surface area contributed by atoms with E-state index in [1.807, 2.05) is 49.2 Å².